The van der Waals surface area contributed by atoms with Gasteiger partial charge in [-0.2, -0.15) is 0 Å². The first kappa shape index (κ1) is 14.0. The summed E-state index contributed by atoms with van der Waals surface area (Å²) in [7, 11) is 1.87. The van der Waals surface area contributed by atoms with E-state index in [1.165, 1.54) is 5.56 Å². The number of aliphatic hydroxyl groups is 1. The van der Waals surface area contributed by atoms with Gasteiger partial charge in [0.2, 0.25) is 0 Å². The highest BCUT2D eigenvalue weighted by molar-refractivity contribution is 5.27. The zero-order valence-electron chi connectivity index (χ0n) is 11.0. The summed E-state index contributed by atoms with van der Waals surface area (Å²) < 4.78 is 5.66. The molecule has 0 heterocycles. The Hall–Kier alpha value is -1.06. The van der Waals surface area contributed by atoms with Crippen LogP contribution >= 0.6 is 0 Å². The van der Waals surface area contributed by atoms with Gasteiger partial charge in [-0.15, -0.1) is 0 Å². The molecular formula is C14H23NO2. The lowest BCUT2D eigenvalue weighted by molar-refractivity contribution is 0.163. The van der Waals surface area contributed by atoms with E-state index in [0.29, 0.717) is 6.61 Å². The van der Waals surface area contributed by atoms with Crippen molar-refractivity contribution in [3.8, 4) is 5.75 Å². The molecule has 2 N–H and O–H groups in total. The number of aliphatic hydroxyl groups excluding tert-OH is 1. The summed E-state index contributed by atoms with van der Waals surface area (Å²) in [5, 5.41) is 12.4. The zero-order chi connectivity index (χ0) is 12.7. The number of aryl methyl sites for hydroxylation is 1. The van der Waals surface area contributed by atoms with Gasteiger partial charge in [0.15, 0.2) is 0 Å². The van der Waals surface area contributed by atoms with Crippen LogP contribution in [0.15, 0.2) is 24.3 Å². The third kappa shape index (κ3) is 4.75. The van der Waals surface area contributed by atoms with Crippen molar-refractivity contribution >= 4 is 0 Å². The lowest BCUT2D eigenvalue weighted by Crippen LogP contribution is -2.43. The highest BCUT2D eigenvalue weighted by atomic mass is 16.5. The summed E-state index contributed by atoms with van der Waals surface area (Å²) >= 11 is 0. The van der Waals surface area contributed by atoms with Crippen molar-refractivity contribution < 1.29 is 9.84 Å². The van der Waals surface area contributed by atoms with Gasteiger partial charge in [-0.05, 0) is 51.4 Å². The molecule has 0 aliphatic rings. The summed E-state index contributed by atoms with van der Waals surface area (Å²) in [6, 6.07) is 8.05. The second-order valence-electron chi connectivity index (χ2n) is 4.74. The molecule has 3 heteroatoms. The normalized spacial score (nSPS) is 14.4. The predicted octanol–water partition coefficient (Wildman–Crippen LogP) is 2.12. The molecule has 0 fully saturated rings. The third-order valence-electron chi connectivity index (χ3n) is 3.08. The van der Waals surface area contributed by atoms with Crippen molar-refractivity contribution in [3.63, 3.8) is 0 Å². The van der Waals surface area contributed by atoms with Crippen LogP contribution in [0.2, 0.25) is 0 Å². The van der Waals surface area contributed by atoms with Gasteiger partial charge < -0.3 is 15.2 Å². The van der Waals surface area contributed by atoms with E-state index in [9.17, 15) is 5.11 Å². The summed E-state index contributed by atoms with van der Waals surface area (Å²) in [6.45, 7) is 4.89. The molecule has 0 aliphatic carbocycles. The number of rotatable bonds is 7. The van der Waals surface area contributed by atoms with Crippen LogP contribution in [-0.2, 0) is 0 Å². The third-order valence-corrected chi connectivity index (χ3v) is 3.08. The standard InChI is InChI=1S/C14H23NO2/c1-12-6-4-7-13(10-12)17-9-5-8-14(2,11-16)15-3/h4,6-7,10,15-16H,5,8-9,11H2,1-3H3. The fraction of sp³-hybridized carbons (Fsp3) is 0.571. The Labute approximate surface area is 104 Å². The molecule has 1 aromatic carbocycles. The van der Waals surface area contributed by atoms with Crippen LogP contribution in [0.5, 0.6) is 5.75 Å². The van der Waals surface area contributed by atoms with Crippen LogP contribution in [0.3, 0.4) is 0 Å². The SMILES string of the molecule is CNC(C)(CO)CCCOc1cccc(C)c1. The van der Waals surface area contributed by atoms with Crippen LogP contribution < -0.4 is 10.1 Å². The van der Waals surface area contributed by atoms with Gasteiger partial charge in [0.25, 0.3) is 0 Å². The van der Waals surface area contributed by atoms with Crippen LogP contribution in [-0.4, -0.2) is 30.9 Å². The monoisotopic (exact) mass is 237 g/mol. The van der Waals surface area contributed by atoms with Gasteiger partial charge in [-0.3, -0.25) is 0 Å². The smallest absolute Gasteiger partial charge is 0.119 e. The molecule has 0 aromatic heterocycles. The Morgan fingerprint density at radius 2 is 2.18 bits per heavy atom. The fourth-order valence-electron chi connectivity index (χ4n) is 1.64. The minimum atomic E-state index is -0.198. The predicted molar refractivity (Wildman–Crippen MR) is 70.5 cm³/mol. The molecule has 0 radical (unpaired) electrons. The molecule has 1 unspecified atom stereocenters. The molecule has 0 bridgehead atoms. The van der Waals surface area contributed by atoms with Gasteiger partial charge in [0, 0.05) is 5.54 Å². The Bertz CT molecular complexity index is 335. The summed E-state index contributed by atoms with van der Waals surface area (Å²) in [5.41, 5.74) is 1.01. The average Bonchev–Trinajstić information content (AvgIpc) is 2.34. The molecule has 1 rings (SSSR count). The van der Waals surface area contributed by atoms with Gasteiger partial charge in [0.1, 0.15) is 5.75 Å². The molecule has 0 saturated heterocycles. The molecule has 3 nitrogen and oxygen atoms in total. The number of ether oxygens (including phenoxy) is 1. The maximum absolute atomic E-state index is 9.23. The van der Waals surface area contributed by atoms with Crippen LogP contribution in [0.25, 0.3) is 0 Å². The number of hydrogen-bond donors (Lipinski definition) is 2. The quantitative estimate of drug-likeness (QED) is 0.714. The van der Waals surface area contributed by atoms with Gasteiger partial charge in [-0.25, -0.2) is 0 Å². The van der Waals surface area contributed by atoms with Gasteiger partial charge >= 0.3 is 0 Å². The minimum absolute atomic E-state index is 0.147. The lowest BCUT2D eigenvalue weighted by Gasteiger charge is -2.26. The Kier molecular flexibility index (Phi) is 5.45. The Morgan fingerprint density at radius 1 is 1.41 bits per heavy atom. The first-order valence-electron chi connectivity index (χ1n) is 6.09. The largest absolute Gasteiger partial charge is 0.494 e. The summed E-state index contributed by atoms with van der Waals surface area (Å²) in [5.74, 6) is 0.917. The average molecular weight is 237 g/mol. The van der Waals surface area contributed by atoms with E-state index in [1.54, 1.807) is 0 Å². The highest BCUT2D eigenvalue weighted by Gasteiger charge is 2.19. The maximum Gasteiger partial charge on any atom is 0.119 e. The molecule has 17 heavy (non-hydrogen) atoms. The minimum Gasteiger partial charge on any atom is -0.494 e. The zero-order valence-corrected chi connectivity index (χ0v) is 11.0. The van der Waals surface area contributed by atoms with Crippen molar-refractivity contribution in [2.75, 3.05) is 20.3 Å². The van der Waals surface area contributed by atoms with Crippen LogP contribution in [0, 0.1) is 6.92 Å². The number of likely N-dealkylation sites (N-methyl/N-ethyl adjacent to an activating group) is 1. The number of benzene rings is 1. The number of hydrogen-bond acceptors (Lipinski definition) is 3. The molecule has 0 saturated carbocycles. The molecule has 1 atom stereocenters. The van der Waals surface area contributed by atoms with Crippen molar-refractivity contribution in [2.45, 2.75) is 32.2 Å². The summed E-state index contributed by atoms with van der Waals surface area (Å²) in [6.07, 6.45) is 1.82. The van der Waals surface area contributed by atoms with Crippen molar-refractivity contribution in [1.29, 1.82) is 0 Å². The molecule has 0 spiro atoms. The van der Waals surface area contributed by atoms with E-state index in [4.69, 9.17) is 4.74 Å². The Morgan fingerprint density at radius 3 is 2.76 bits per heavy atom. The number of nitrogens with one attached hydrogen (secondary N) is 1. The fourth-order valence-corrected chi connectivity index (χ4v) is 1.64. The van der Waals surface area contributed by atoms with Crippen molar-refractivity contribution in [1.82, 2.24) is 5.32 Å². The van der Waals surface area contributed by atoms with Crippen LogP contribution in [0.1, 0.15) is 25.3 Å². The maximum atomic E-state index is 9.23. The molecule has 1 aromatic rings. The van der Waals surface area contributed by atoms with Gasteiger partial charge in [0.05, 0.1) is 13.2 Å². The molecular weight excluding hydrogens is 214 g/mol. The van der Waals surface area contributed by atoms with Crippen molar-refractivity contribution in [3.05, 3.63) is 29.8 Å². The Balaban J connectivity index is 2.29. The first-order chi connectivity index (χ1) is 8.09. The van der Waals surface area contributed by atoms with E-state index in [1.807, 2.05) is 32.2 Å². The van der Waals surface area contributed by atoms with Gasteiger partial charge in [-0.1, -0.05) is 12.1 Å². The van der Waals surface area contributed by atoms with E-state index < -0.39 is 0 Å². The van der Waals surface area contributed by atoms with Crippen LogP contribution in [0.4, 0.5) is 0 Å². The van der Waals surface area contributed by atoms with E-state index >= 15 is 0 Å². The lowest BCUT2D eigenvalue weighted by atomic mass is 9.97. The molecule has 0 aliphatic heterocycles. The second-order valence-corrected chi connectivity index (χ2v) is 4.74. The van der Waals surface area contributed by atoms with E-state index in [0.717, 1.165) is 18.6 Å². The van der Waals surface area contributed by atoms with E-state index in [-0.39, 0.29) is 12.1 Å². The second kappa shape index (κ2) is 6.62. The highest BCUT2D eigenvalue weighted by Crippen LogP contribution is 2.15. The first-order valence-corrected chi connectivity index (χ1v) is 6.09. The molecule has 0 amide bonds. The van der Waals surface area contributed by atoms with Crippen molar-refractivity contribution in [2.24, 2.45) is 0 Å². The summed E-state index contributed by atoms with van der Waals surface area (Å²) in [4.78, 5) is 0. The van der Waals surface area contributed by atoms with E-state index in [2.05, 4.69) is 18.3 Å². The topological polar surface area (TPSA) is 41.5 Å². The molecule has 96 valence electrons.